The minimum Gasteiger partial charge on any atom is -0.368 e. The summed E-state index contributed by atoms with van der Waals surface area (Å²) in [5.74, 6) is 0.811. The fourth-order valence-electron chi connectivity index (χ4n) is 5.01. The molecule has 7 nitrogen and oxygen atoms in total. The van der Waals surface area contributed by atoms with E-state index in [1.807, 2.05) is 11.8 Å². The zero-order chi connectivity index (χ0) is 18.4. The van der Waals surface area contributed by atoms with Crippen molar-refractivity contribution in [1.29, 1.82) is 0 Å². The van der Waals surface area contributed by atoms with Gasteiger partial charge in [-0.3, -0.25) is 9.59 Å². The average molecular weight is 360 g/mol. The third kappa shape index (κ3) is 2.68. The van der Waals surface area contributed by atoms with Crippen molar-refractivity contribution in [2.45, 2.75) is 56.5 Å². The number of nitrogens with zero attached hydrogens (tertiary/aromatic N) is 2. The number of carbonyl (C=O) groups is 1. The lowest BCUT2D eigenvalue weighted by Crippen LogP contribution is -2.57. The van der Waals surface area contributed by atoms with Crippen LogP contribution in [0.5, 0.6) is 0 Å². The number of aromatic amines is 1. The molecule has 2 N–H and O–H groups in total. The van der Waals surface area contributed by atoms with Crippen molar-refractivity contribution < 1.29 is 9.53 Å². The third-order valence-corrected chi connectivity index (χ3v) is 6.69. The van der Waals surface area contributed by atoms with Crippen LogP contribution < -0.4 is 10.9 Å². The largest absolute Gasteiger partial charge is 0.368 e. The molecule has 0 radical (unpaired) electrons. The van der Waals surface area contributed by atoms with E-state index in [1.165, 1.54) is 0 Å². The highest BCUT2D eigenvalue weighted by Crippen LogP contribution is 2.44. The summed E-state index contributed by atoms with van der Waals surface area (Å²) in [6.07, 6.45) is 4.95. The lowest BCUT2D eigenvalue weighted by molar-refractivity contribution is -0.160. The van der Waals surface area contributed by atoms with Crippen molar-refractivity contribution in [2.75, 3.05) is 33.3 Å². The van der Waals surface area contributed by atoms with Crippen molar-refractivity contribution in [2.24, 2.45) is 0 Å². The van der Waals surface area contributed by atoms with Crippen LogP contribution in [0, 0.1) is 6.92 Å². The fraction of sp³-hybridized carbons (Fsp3) is 0.737. The predicted molar refractivity (Wildman–Crippen MR) is 97.3 cm³/mol. The highest BCUT2D eigenvalue weighted by atomic mass is 16.5. The molecular formula is C19H28N4O3. The molecule has 1 aromatic rings. The standard InChI is InChI=1S/C19H28N4O3/c1-13-21-15-14(16(24)22-13)3-4-18(15)7-11-23(12-8-18)17(25)19(26-2)5-9-20-10-6-19/h20H,3-12H2,1-2H3,(H,21,22,24). The molecule has 7 heteroatoms. The van der Waals surface area contributed by atoms with E-state index in [9.17, 15) is 9.59 Å². The van der Waals surface area contributed by atoms with Crippen molar-refractivity contribution >= 4 is 5.91 Å². The number of hydrogen-bond acceptors (Lipinski definition) is 5. The number of piperidine rings is 2. The molecule has 1 aromatic heterocycles. The van der Waals surface area contributed by atoms with Gasteiger partial charge in [-0.15, -0.1) is 0 Å². The Morgan fingerprint density at radius 3 is 2.50 bits per heavy atom. The minimum atomic E-state index is -0.671. The number of likely N-dealkylation sites (tertiary alicyclic amines) is 1. The predicted octanol–water partition coefficient (Wildman–Crippen LogP) is 0.653. The lowest BCUT2D eigenvalue weighted by atomic mass is 9.75. The molecule has 0 bridgehead atoms. The first-order chi connectivity index (χ1) is 12.5. The van der Waals surface area contributed by atoms with E-state index in [0.29, 0.717) is 18.9 Å². The van der Waals surface area contributed by atoms with Crippen LogP contribution >= 0.6 is 0 Å². The van der Waals surface area contributed by atoms with Crippen LogP contribution in [0.2, 0.25) is 0 Å². The molecule has 0 aromatic carbocycles. The summed E-state index contributed by atoms with van der Waals surface area (Å²) in [4.78, 5) is 34.9. The highest BCUT2D eigenvalue weighted by Gasteiger charge is 2.48. The molecule has 4 rings (SSSR count). The Hall–Kier alpha value is -1.73. The number of nitrogens with one attached hydrogen (secondary N) is 2. The molecule has 142 valence electrons. The van der Waals surface area contributed by atoms with Crippen LogP contribution in [0.15, 0.2) is 4.79 Å². The number of hydrogen-bond donors (Lipinski definition) is 2. The van der Waals surface area contributed by atoms with Crippen molar-refractivity contribution in [1.82, 2.24) is 20.2 Å². The van der Waals surface area contributed by atoms with Gasteiger partial charge in [-0.1, -0.05) is 0 Å². The number of H-pyrrole nitrogens is 1. The molecule has 0 unspecified atom stereocenters. The van der Waals surface area contributed by atoms with Crippen LogP contribution in [0.3, 0.4) is 0 Å². The van der Waals surface area contributed by atoms with Crippen molar-refractivity contribution in [3.63, 3.8) is 0 Å². The van der Waals surface area contributed by atoms with Gasteiger partial charge in [0, 0.05) is 31.2 Å². The van der Waals surface area contributed by atoms with Crippen LogP contribution in [0.1, 0.15) is 49.2 Å². The molecular weight excluding hydrogens is 332 g/mol. The fourth-order valence-corrected chi connectivity index (χ4v) is 5.01. The number of aryl methyl sites for hydroxylation is 1. The van der Waals surface area contributed by atoms with E-state index < -0.39 is 5.60 Å². The van der Waals surface area contributed by atoms with Crippen LogP contribution in [0.25, 0.3) is 0 Å². The maximum Gasteiger partial charge on any atom is 0.254 e. The maximum absolute atomic E-state index is 13.2. The number of aromatic nitrogens is 2. The van der Waals surface area contributed by atoms with Crippen molar-refractivity contribution in [3.05, 3.63) is 27.4 Å². The van der Waals surface area contributed by atoms with E-state index in [1.54, 1.807) is 7.11 Å². The highest BCUT2D eigenvalue weighted by molar-refractivity contribution is 5.85. The zero-order valence-corrected chi connectivity index (χ0v) is 15.7. The molecule has 2 saturated heterocycles. The quantitative estimate of drug-likeness (QED) is 0.809. The number of carbonyl (C=O) groups excluding carboxylic acids is 1. The molecule has 2 aliphatic heterocycles. The molecule has 1 aliphatic carbocycles. The van der Waals surface area contributed by atoms with E-state index >= 15 is 0 Å². The Bertz CT molecular complexity index is 759. The summed E-state index contributed by atoms with van der Waals surface area (Å²) < 4.78 is 5.71. The molecule has 0 atom stereocenters. The molecule has 1 amide bonds. The number of amides is 1. The van der Waals surface area contributed by atoms with E-state index in [-0.39, 0.29) is 16.9 Å². The van der Waals surface area contributed by atoms with E-state index in [4.69, 9.17) is 4.74 Å². The number of rotatable bonds is 2. The Balaban J connectivity index is 1.52. The SMILES string of the molecule is COC1(C(=O)N2CCC3(CCc4c3nc(C)[nH]c4=O)CC2)CCNCC1. The van der Waals surface area contributed by atoms with Gasteiger partial charge in [-0.25, -0.2) is 4.98 Å². The Kier molecular flexibility index (Phi) is 4.39. The summed E-state index contributed by atoms with van der Waals surface area (Å²) in [6, 6.07) is 0. The lowest BCUT2D eigenvalue weighted by Gasteiger charge is -2.44. The second-order valence-corrected chi connectivity index (χ2v) is 8.00. The number of fused-ring (bicyclic) bond motifs is 2. The summed E-state index contributed by atoms with van der Waals surface area (Å²) in [5.41, 5.74) is 1.13. The topological polar surface area (TPSA) is 87.3 Å². The Morgan fingerprint density at radius 2 is 1.85 bits per heavy atom. The van der Waals surface area contributed by atoms with Gasteiger partial charge in [0.05, 0.1) is 5.69 Å². The molecule has 1 spiro atoms. The number of ether oxygens (including phenoxy) is 1. The second kappa shape index (κ2) is 6.46. The van der Waals surface area contributed by atoms with Crippen LogP contribution in [0.4, 0.5) is 0 Å². The Morgan fingerprint density at radius 1 is 1.15 bits per heavy atom. The van der Waals surface area contributed by atoms with Crippen LogP contribution in [-0.4, -0.2) is 59.7 Å². The maximum atomic E-state index is 13.2. The number of methoxy groups -OCH3 is 1. The van der Waals surface area contributed by atoms with Gasteiger partial charge in [-0.05, 0) is 58.5 Å². The normalized spacial score (nSPS) is 23.8. The van der Waals surface area contributed by atoms with Crippen LogP contribution in [-0.2, 0) is 21.4 Å². The van der Waals surface area contributed by atoms with Crippen molar-refractivity contribution in [3.8, 4) is 0 Å². The Labute approximate surface area is 153 Å². The first kappa shape index (κ1) is 17.7. The average Bonchev–Trinajstić information content (AvgIpc) is 3.01. The summed E-state index contributed by atoms with van der Waals surface area (Å²) in [7, 11) is 1.65. The minimum absolute atomic E-state index is 0.0101. The third-order valence-electron chi connectivity index (χ3n) is 6.69. The van der Waals surface area contributed by atoms with E-state index in [0.717, 1.165) is 62.9 Å². The molecule has 3 aliphatic rings. The summed E-state index contributed by atoms with van der Waals surface area (Å²) in [5, 5.41) is 3.30. The molecule has 26 heavy (non-hydrogen) atoms. The second-order valence-electron chi connectivity index (χ2n) is 8.00. The van der Waals surface area contributed by atoms with E-state index in [2.05, 4.69) is 15.3 Å². The summed E-state index contributed by atoms with van der Waals surface area (Å²) >= 11 is 0. The van der Waals surface area contributed by atoms with Gasteiger partial charge >= 0.3 is 0 Å². The van der Waals surface area contributed by atoms with Gasteiger partial charge in [0.2, 0.25) is 0 Å². The summed E-state index contributed by atoms with van der Waals surface area (Å²) in [6.45, 7) is 4.90. The molecule has 3 heterocycles. The monoisotopic (exact) mass is 360 g/mol. The van der Waals surface area contributed by atoms with Gasteiger partial charge in [0.1, 0.15) is 11.4 Å². The first-order valence-electron chi connectivity index (χ1n) is 9.65. The molecule has 0 saturated carbocycles. The van der Waals surface area contributed by atoms with Gasteiger partial charge in [-0.2, -0.15) is 0 Å². The van der Waals surface area contributed by atoms with Gasteiger partial charge in [0.15, 0.2) is 0 Å². The molecule has 2 fully saturated rings. The van der Waals surface area contributed by atoms with Gasteiger partial charge in [0.25, 0.3) is 11.5 Å². The van der Waals surface area contributed by atoms with Gasteiger partial charge < -0.3 is 19.9 Å². The zero-order valence-electron chi connectivity index (χ0n) is 15.7. The first-order valence-corrected chi connectivity index (χ1v) is 9.65. The smallest absolute Gasteiger partial charge is 0.254 e.